The van der Waals surface area contributed by atoms with E-state index in [1.54, 1.807) is 0 Å². The van der Waals surface area contributed by atoms with E-state index in [4.69, 9.17) is 10.8 Å². The van der Waals surface area contributed by atoms with Crippen molar-refractivity contribution in [3.63, 3.8) is 0 Å². The third kappa shape index (κ3) is 1.92. The fourth-order valence-electron chi connectivity index (χ4n) is 0.932. The van der Waals surface area contributed by atoms with Gasteiger partial charge in [0.1, 0.15) is 12.4 Å². The molecule has 0 bridgehead atoms. The second kappa shape index (κ2) is 3.66. The summed E-state index contributed by atoms with van der Waals surface area (Å²) in [7, 11) is 0. The highest BCUT2D eigenvalue weighted by Crippen LogP contribution is 2.25. The Labute approximate surface area is 72.8 Å². The monoisotopic (exact) mass is 191 g/mol. The van der Waals surface area contributed by atoms with Crippen LogP contribution in [-0.4, -0.2) is 11.8 Å². The highest BCUT2D eigenvalue weighted by Gasteiger charge is 2.14. The summed E-state index contributed by atoms with van der Waals surface area (Å²) in [5.74, 6) is -2.88. The molecule has 0 saturated heterocycles. The van der Waals surface area contributed by atoms with Gasteiger partial charge in [-0.1, -0.05) is 0 Å². The average Bonchev–Trinajstić information content (AvgIpc) is 2.10. The molecular formula is C8H8F3NO. The van der Waals surface area contributed by atoms with Crippen molar-refractivity contribution in [2.45, 2.75) is 6.04 Å². The summed E-state index contributed by atoms with van der Waals surface area (Å²) in [4.78, 5) is 0. The Balaban J connectivity index is 3.15. The van der Waals surface area contributed by atoms with Crippen molar-refractivity contribution in [2.75, 3.05) is 6.67 Å². The molecule has 13 heavy (non-hydrogen) atoms. The highest BCUT2D eigenvalue weighted by molar-refractivity contribution is 5.35. The number of benzene rings is 1. The first kappa shape index (κ1) is 9.85. The number of nitrogens with two attached hydrogens (primary N) is 1. The summed E-state index contributed by atoms with van der Waals surface area (Å²) in [6.45, 7) is -0.946. The van der Waals surface area contributed by atoms with Crippen molar-refractivity contribution >= 4 is 0 Å². The van der Waals surface area contributed by atoms with E-state index in [-0.39, 0.29) is 5.56 Å². The molecule has 72 valence electrons. The molecule has 2 nitrogen and oxygen atoms in total. The minimum Gasteiger partial charge on any atom is -0.507 e. The van der Waals surface area contributed by atoms with Crippen LogP contribution in [0.5, 0.6) is 5.75 Å². The maximum atomic E-state index is 12.6. The van der Waals surface area contributed by atoms with E-state index in [0.29, 0.717) is 12.1 Å². The number of hydrogen-bond acceptors (Lipinski definition) is 2. The second-order valence-electron chi connectivity index (χ2n) is 2.59. The van der Waals surface area contributed by atoms with Gasteiger partial charge in [-0.25, -0.2) is 13.2 Å². The van der Waals surface area contributed by atoms with Crippen molar-refractivity contribution in [1.29, 1.82) is 0 Å². The first-order valence-corrected chi connectivity index (χ1v) is 3.55. The average molecular weight is 191 g/mol. The molecule has 1 aromatic carbocycles. The van der Waals surface area contributed by atoms with E-state index < -0.39 is 30.1 Å². The Kier molecular flexibility index (Phi) is 2.77. The van der Waals surface area contributed by atoms with Crippen LogP contribution in [0.3, 0.4) is 0 Å². The van der Waals surface area contributed by atoms with Crippen LogP contribution in [0.25, 0.3) is 0 Å². The zero-order valence-electron chi connectivity index (χ0n) is 6.60. The summed E-state index contributed by atoms with van der Waals surface area (Å²) in [6.07, 6.45) is 0. The Morgan fingerprint density at radius 3 is 2.38 bits per heavy atom. The number of halogens is 3. The van der Waals surface area contributed by atoms with Crippen LogP contribution < -0.4 is 5.73 Å². The van der Waals surface area contributed by atoms with Gasteiger partial charge in [-0.05, 0) is 6.07 Å². The van der Waals surface area contributed by atoms with Crippen molar-refractivity contribution < 1.29 is 18.3 Å². The molecule has 0 aliphatic heterocycles. The minimum absolute atomic E-state index is 0.138. The lowest BCUT2D eigenvalue weighted by molar-refractivity contribution is 0.406. The lowest BCUT2D eigenvalue weighted by Crippen LogP contribution is -2.12. The largest absolute Gasteiger partial charge is 0.507 e. The maximum absolute atomic E-state index is 12.6. The summed E-state index contributed by atoms with van der Waals surface area (Å²) in [6, 6.07) is 0.129. The summed E-state index contributed by atoms with van der Waals surface area (Å²) >= 11 is 0. The fraction of sp³-hybridized carbons (Fsp3) is 0.250. The van der Waals surface area contributed by atoms with E-state index >= 15 is 0 Å². The minimum atomic E-state index is -1.19. The van der Waals surface area contributed by atoms with Gasteiger partial charge in [0.15, 0.2) is 11.6 Å². The number of phenols is 1. The van der Waals surface area contributed by atoms with E-state index in [9.17, 15) is 13.2 Å². The van der Waals surface area contributed by atoms with Gasteiger partial charge >= 0.3 is 0 Å². The van der Waals surface area contributed by atoms with Crippen LogP contribution in [-0.2, 0) is 0 Å². The molecule has 0 aliphatic rings. The van der Waals surface area contributed by atoms with E-state index in [1.165, 1.54) is 0 Å². The molecule has 3 N–H and O–H groups in total. The zero-order valence-corrected chi connectivity index (χ0v) is 6.60. The third-order valence-electron chi connectivity index (χ3n) is 1.64. The van der Waals surface area contributed by atoms with Crippen molar-refractivity contribution in [3.05, 3.63) is 29.3 Å². The van der Waals surface area contributed by atoms with Crippen LogP contribution in [0.4, 0.5) is 13.2 Å². The molecule has 1 unspecified atom stereocenters. The molecule has 0 spiro atoms. The fourth-order valence-corrected chi connectivity index (χ4v) is 0.932. The van der Waals surface area contributed by atoms with Gasteiger partial charge < -0.3 is 10.8 Å². The molecule has 0 fully saturated rings. The SMILES string of the molecule is NC(CF)c1cc(F)c(F)cc1O. The Bertz CT molecular complexity index is 317. The quantitative estimate of drug-likeness (QED) is 0.746. The van der Waals surface area contributed by atoms with Crippen LogP contribution in [0.1, 0.15) is 11.6 Å². The lowest BCUT2D eigenvalue weighted by Gasteiger charge is -2.09. The molecule has 0 radical (unpaired) electrons. The maximum Gasteiger partial charge on any atom is 0.162 e. The molecular weight excluding hydrogens is 183 g/mol. The molecule has 0 aliphatic carbocycles. The van der Waals surface area contributed by atoms with Crippen LogP contribution in [0.15, 0.2) is 12.1 Å². The Hall–Kier alpha value is -1.23. The summed E-state index contributed by atoms with van der Waals surface area (Å²) in [5.41, 5.74) is 5.05. The van der Waals surface area contributed by atoms with Gasteiger partial charge in [-0.3, -0.25) is 0 Å². The highest BCUT2D eigenvalue weighted by atomic mass is 19.2. The second-order valence-corrected chi connectivity index (χ2v) is 2.59. The van der Waals surface area contributed by atoms with Gasteiger partial charge in [0.05, 0.1) is 6.04 Å². The Morgan fingerprint density at radius 1 is 1.31 bits per heavy atom. The standard InChI is InChI=1S/C8H8F3NO/c9-3-7(12)4-1-5(10)6(11)2-8(4)13/h1-2,7,13H,3,12H2. The first-order chi connectivity index (χ1) is 6.06. The van der Waals surface area contributed by atoms with E-state index in [2.05, 4.69) is 0 Å². The van der Waals surface area contributed by atoms with Crippen molar-refractivity contribution in [3.8, 4) is 5.75 Å². The van der Waals surface area contributed by atoms with Crippen molar-refractivity contribution in [1.82, 2.24) is 0 Å². The molecule has 5 heteroatoms. The number of phenolic OH excluding ortho intramolecular Hbond substituents is 1. The summed E-state index contributed by atoms with van der Waals surface area (Å²) < 4.78 is 37.1. The van der Waals surface area contributed by atoms with Crippen LogP contribution in [0.2, 0.25) is 0 Å². The van der Waals surface area contributed by atoms with Crippen molar-refractivity contribution in [2.24, 2.45) is 5.73 Å². The number of alkyl halides is 1. The number of rotatable bonds is 2. The molecule has 1 rings (SSSR count). The zero-order chi connectivity index (χ0) is 10.0. The molecule has 0 amide bonds. The molecule has 1 atom stereocenters. The third-order valence-corrected chi connectivity index (χ3v) is 1.64. The number of aromatic hydroxyl groups is 1. The van der Waals surface area contributed by atoms with Gasteiger partial charge in [0, 0.05) is 11.6 Å². The van der Waals surface area contributed by atoms with E-state index in [0.717, 1.165) is 0 Å². The van der Waals surface area contributed by atoms with Gasteiger partial charge in [-0.2, -0.15) is 0 Å². The van der Waals surface area contributed by atoms with Crippen LogP contribution >= 0.6 is 0 Å². The first-order valence-electron chi connectivity index (χ1n) is 3.55. The molecule has 0 saturated carbocycles. The van der Waals surface area contributed by atoms with Gasteiger partial charge in [0.25, 0.3) is 0 Å². The van der Waals surface area contributed by atoms with Gasteiger partial charge in [0.2, 0.25) is 0 Å². The predicted molar refractivity (Wildman–Crippen MR) is 40.9 cm³/mol. The Morgan fingerprint density at radius 2 is 1.85 bits per heavy atom. The topological polar surface area (TPSA) is 46.2 Å². The van der Waals surface area contributed by atoms with E-state index in [1.807, 2.05) is 0 Å². The number of hydrogen-bond donors (Lipinski definition) is 2. The molecule has 0 heterocycles. The molecule has 1 aromatic rings. The lowest BCUT2D eigenvalue weighted by atomic mass is 10.1. The smallest absolute Gasteiger partial charge is 0.162 e. The van der Waals surface area contributed by atoms with Crippen LogP contribution in [0, 0.1) is 11.6 Å². The van der Waals surface area contributed by atoms with Gasteiger partial charge in [-0.15, -0.1) is 0 Å². The normalized spacial score (nSPS) is 12.9. The summed E-state index contributed by atoms with van der Waals surface area (Å²) in [5, 5.41) is 9.06. The predicted octanol–water partition coefficient (Wildman–Crippen LogP) is 1.64. The molecule has 0 aromatic heterocycles.